The maximum Gasteiger partial charge on any atom is 0.280 e. The molecule has 8 heteroatoms. The molecular weight excluding hydrogens is 408 g/mol. The molecule has 0 spiro atoms. The van der Waals surface area contributed by atoms with Gasteiger partial charge in [0.2, 0.25) is 0 Å². The number of ether oxygens (including phenoxy) is 1. The van der Waals surface area contributed by atoms with Gasteiger partial charge in [-0.3, -0.25) is 9.59 Å². The van der Waals surface area contributed by atoms with Crippen molar-refractivity contribution in [2.45, 2.75) is 6.54 Å². The highest BCUT2D eigenvalue weighted by atomic mass is 16.5. The zero-order valence-electron chi connectivity index (χ0n) is 17.4. The van der Waals surface area contributed by atoms with E-state index >= 15 is 0 Å². The highest BCUT2D eigenvalue weighted by Crippen LogP contribution is 2.23. The number of hydrogen-bond acceptors (Lipinski definition) is 6. The van der Waals surface area contributed by atoms with Crippen molar-refractivity contribution in [2.24, 2.45) is 0 Å². The van der Waals surface area contributed by atoms with Crippen LogP contribution in [-0.4, -0.2) is 46.6 Å². The predicted octanol–water partition coefficient (Wildman–Crippen LogP) is 2.88. The summed E-state index contributed by atoms with van der Waals surface area (Å²) in [6.07, 6.45) is 6.50. The minimum atomic E-state index is -0.243. The Bertz CT molecular complexity index is 1280. The molecule has 8 nitrogen and oxygen atoms in total. The lowest BCUT2D eigenvalue weighted by Crippen LogP contribution is -2.37. The molecule has 162 valence electrons. The second-order valence-electron chi connectivity index (χ2n) is 7.55. The van der Waals surface area contributed by atoms with Gasteiger partial charge in [0.05, 0.1) is 49.1 Å². The molecule has 1 aromatic carbocycles. The van der Waals surface area contributed by atoms with Crippen LogP contribution < -0.4 is 10.5 Å². The normalized spacial score (nSPS) is 13.9. The van der Waals surface area contributed by atoms with Crippen LogP contribution in [0, 0.1) is 0 Å². The molecule has 1 saturated heterocycles. The molecule has 0 bridgehead atoms. The molecule has 0 amide bonds. The van der Waals surface area contributed by atoms with Crippen LogP contribution in [0.15, 0.2) is 82.7 Å². The number of benzene rings is 1. The topological polar surface area (TPSA) is 82.5 Å². The van der Waals surface area contributed by atoms with Crippen molar-refractivity contribution in [1.29, 1.82) is 0 Å². The summed E-state index contributed by atoms with van der Waals surface area (Å²) in [4.78, 5) is 28.4. The number of furan rings is 1. The molecule has 1 aliphatic heterocycles. The Morgan fingerprint density at radius 3 is 2.66 bits per heavy atom. The Morgan fingerprint density at radius 1 is 1.00 bits per heavy atom. The fourth-order valence-corrected chi connectivity index (χ4v) is 3.87. The van der Waals surface area contributed by atoms with Crippen molar-refractivity contribution in [3.63, 3.8) is 0 Å². The lowest BCUT2D eigenvalue weighted by Gasteiger charge is -2.30. The van der Waals surface area contributed by atoms with Crippen LogP contribution in [0.25, 0.3) is 11.3 Å². The predicted molar refractivity (Wildman–Crippen MR) is 119 cm³/mol. The first kappa shape index (κ1) is 20.0. The van der Waals surface area contributed by atoms with Crippen molar-refractivity contribution >= 4 is 11.6 Å². The number of rotatable bonds is 5. The first-order valence-corrected chi connectivity index (χ1v) is 10.4. The molecule has 1 aliphatic rings. The first-order valence-electron chi connectivity index (χ1n) is 10.4. The van der Waals surface area contributed by atoms with Gasteiger partial charge in [0.25, 0.3) is 11.5 Å². The second kappa shape index (κ2) is 8.68. The highest BCUT2D eigenvalue weighted by Gasteiger charge is 2.20. The van der Waals surface area contributed by atoms with Crippen LogP contribution in [0.5, 0.6) is 0 Å². The van der Waals surface area contributed by atoms with Gasteiger partial charge >= 0.3 is 0 Å². The number of para-hydroxylation sites is 1. The van der Waals surface area contributed by atoms with E-state index in [0.717, 1.165) is 24.3 Å². The lowest BCUT2D eigenvalue weighted by atomic mass is 10.1. The number of carbonyl (C=O) groups is 1. The number of anilines is 1. The van der Waals surface area contributed by atoms with Gasteiger partial charge in [0.1, 0.15) is 0 Å². The highest BCUT2D eigenvalue weighted by molar-refractivity contribution is 6.01. The molecule has 0 aliphatic carbocycles. The van der Waals surface area contributed by atoms with Gasteiger partial charge in [-0.25, -0.2) is 4.68 Å². The Hall–Kier alpha value is -3.91. The molecule has 4 aromatic rings. The van der Waals surface area contributed by atoms with Gasteiger partial charge in [-0.2, -0.15) is 5.10 Å². The van der Waals surface area contributed by atoms with Crippen LogP contribution in [0.1, 0.15) is 15.9 Å². The summed E-state index contributed by atoms with van der Waals surface area (Å²) < 4.78 is 13.4. The maximum atomic E-state index is 13.3. The smallest absolute Gasteiger partial charge is 0.280 e. The molecule has 4 heterocycles. The SMILES string of the molecule is O=C(c1ccccc1N1CCOCC1)n1ccc(-c2cccn(Cc3ccoc3)c2=O)n1. The summed E-state index contributed by atoms with van der Waals surface area (Å²) in [6, 6.07) is 14.5. The molecule has 0 saturated carbocycles. The monoisotopic (exact) mass is 430 g/mol. The Morgan fingerprint density at radius 2 is 1.84 bits per heavy atom. The van der Waals surface area contributed by atoms with E-state index in [4.69, 9.17) is 9.15 Å². The van der Waals surface area contributed by atoms with Gasteiger partial charge in [-0.05, 0) is 36.4 Å². The van der Waals surface area contributed by atoms with Gasteiger partial charge in [-0.1, -0.05) is 12.1 Å². The first-order chi connectivity index (χ1) is 15.7. The average molecular weight is 430 g/mol. The second-order valence-corrected chi connectivity index (χ2v) is 7.55. The third-order valence-corrected chi connectivity index (χ3v) is 5.51. The van der Waals surface area contributed by atoms with E-state index < -0.39 is 0 Å². The molecule has 0 atom stereocenters. The maximum absolute atomic E-state index is 13.3. The summed E-state index contributed by atoms with van der Waals surface area (Å²) in [5.74, 6) is -0.243. The van der Waals surface area contributed by atoms with E-state index in [1.165, 1.54) is 4.68 Å². The van der Waals surface area contributed by atoms with E-state index in [-0.39, 0.29) is 11.5 Å². The summed E-state index contributed by atoms with van der Waals surface area (Å²) in [7, 11) is 0. The van der Waals surface area contributed by atoms with Crippen molar-refractivity contribution in [3.8, 4) is 11.3 Å². The van der Waals surface area contributed by atoms with Gasteiger partial charge in [-0.15, -0.1) is 0 Å². The average Bonchev–Trinajstić information content (AvgIpc) is 3.53. The summed E-state index contributed by atoms with van der Waals surface area (Å²) in [5, 5.41) is 4.43. The molecule has 32 heavy (non-hydrogen) atoms. The molecule has 0 N–H and O–H groups in total. The molecule has 0 radical (unpaired) electrons. The quantitative estimate of drug-likeness (QED) is 0.484. The lowest BCUT2D eigenvalue weighted by molar-refractivity contribution is 0.0944. The fourth-order valence-electron chi connectivity index (χ4n) is 3.87. The van der Waals surface area contributed by atoms with Gasteiger partial charge in [0.15, 0.2) is 0 Å². The number of hydrogen-bond donors (Lipinski definition) is 0. The summed E-state index contributed by atoms with van der Waals surface area (Å²) in [5.41, 5.74) is 3.03. The number of pyridine rings is 1. The third kappa shape index (κ3) is 3.88. The Balaban J connectivity index is 1.44. The van der Waals surface area contributed by atoms with Crippen molar-refractivity contribution < 1.29 is 13.9 Å². The molecule has 0 unspecified atom stereocenters. The molecule has 1 fully saturated rings. The van der Waals surface area contributed by atoms with Crippen LogP contribution in [0.4, 0.5) is 5.69 Å². The zero-order valence-corrected chi connectivity index (χ0v) is 17.4. The minimum Gasteiger partial charge on any atom is -0.472 e. The molecule has 5 rings (SSSR count). The van der Waals surface area contributed by atoms with E-state index in [1.807, 2.05) is 24.3 Å². The van der Waals surface area contributed by atoms with E-state index in [0.29, 0.717) is 36.6 Å². The van der Waals surface area contributed by atoms with Crippen LogP contribution in [0.2, 0.25) is 0 Å². The fraction of sp³-hybridized carbons (Fsp3) is 0.208. The number of carbonyl (C=O) groups excluding carboxylic acids is 1. The summed E-state index contributed by atoms with van der Waals surface area (Å²) >= 11 is 0. The van der Waals surface area contributed by atoms with E-state index in [1.54, 1.807) is 53.8 Å². The molecule has 3 aromatic heterocycles. The number of morpholine rings is 1. The number of aromatic nitrogens is 3. The summed E-state index contributed by atoms with van der Waals surface area (Å²) in [6.45, 7) is 3.13. The van der Waals surface area contributed by atoms with E-state index in [2.05, 4.69) is 10.00 Å². The standard InChI is InChI=1S/C24H22N4O4/c29-23-19(5-3-9-27(23)16-18-8-13-32-17-18)21-7-10-28(25-21)24(30)20-4-1-2-6-22(20)26-11-14-31-15-12-26/h1-10,13,17H,11-12,14-16H2. The van der Waals surface area contributed by atoms with Crippen LogP contribution in [-0.2, 0) is 11.3 Å². The molecular formula is C24H22N4O4. The van der Waals surface area contributed by atoms with Gasteiger partial charge in [0, 0.05) is 36.7 Å². The minimum absolute atomic E-state index is 0.180. The van der Waals surface area contributed by atoms with Crippen LogP contribution in [0.3, 0.4) is 0 Å². The Kier molecular flexibility index (Phi) is 5.43. The number of nitrogens with zero attached hydrogens (tertiary/aromatic N) is 4. The Labute approximate surface area is 184 Å². The van der Waals surface area contributed by atoms with Crippen LogP contribution >= 0.6 is 0 Å². The van der Waals surface area contributed by atoms with Gasteiger partial charge < -0.3 is 18.6 Å². The van der Waals surface area contributed by atoms with Crippen molar-refractivity contribution in [3.05, 3.63) is 94.9 Å². The third-order valence-electron chi connectivity index (χ3n) is 5.51. The van der Waals surface area contributed by atoms with E-state index in [9.17, 15) is 9.59 Å². The largest absolute Gasteiger partial charge is 0.472 e. The van der Waals surface area contributed by atoms with Crippen molar-refractivity contribution in [1.82, 2.24) is 14.3 Å². The zero-order chi connectivity index (χ0) is 21.9. The van der Waals surface area contributed by atoms with Crippen molar-refractivity contribution in [2.75, 3.05) is 31.2 Å².